The minimum Gasteiger partial charge on any atom is -0.381 e. The lowest BCUT2D eigenvalue weighted by Gasteiger charge is -2.44. The standard InChI is InChI=1S/C18H36N2O/c1-4-11-19-14-18(9-5-16(2)6-10-18)15-20(3)17-7-12-21-13-8-17/h16-17,19H,4-15H2,1-3H3. The van der Waals surface area contributed by atoms with Gasteiger partial charge in [0.2, 0.25) is 0 Å². The van der Waals surface area contributed by atoms with Crippen LogP contribution in [0.4, 0.5) is 0 Å². The van der Waals surface area contributed by atoms with Gasteiger partial charge in [-0.25, -0.2) is 0 Å². The van der Waals surface area contributed by atoms with Crippen LogP contribution in [0.25, 0.3) is 0 Å². The van der Waals surface area contributed by atoms with Crippen LogP contribution in [0.1, 0.15) is 58.8 Å². The Hall–Kier alpha value is -0.120. The summed E-state index contributed by atoms with van der Waals surface area (Å²) < 4.78 is 5.52. The largest absolute Gasteiger partial charge is 0.381 e. The summed E-state index contributed by atoms with van der Waals surface area (Å²) in [7, 11) is 2.34. The van der Waals surface area contributed by atoms with E-state index in [1.807, 2.05) is 0 Å². The van der Waals surface area contributed by atoms with Crippen molar-refractivity contribution >= 4 is 0 Å². The first kappa shape index (κ1) is 17.2. The monoisotopic (exact) mass is 296 g/mol. The lowest BCUT2D eigenvalue weighted by molar-refractivity contribution is 0.0164. The van der Waals surface area contributed by atoms with E-state index in [4.69, 9.17) is 4.74 Å². The average Bonchev–Trinajstić information content (AvgIpc) is 2.51. The molecule has 0 radical (unpaired) electrons. The Morgan fingerprint density at radius 2 is 1.81 bits per heavy atom. The van der Waals surface area contributed by atoms with Gasteiger partial charge in [0.15, 0.2) is 0 Å². The Balaban J connectivity index is 1.90. The molecule has 0 aromatic carbocycles. The highest BCUT2D eigenvalue weighted by molar-refractivity contribution is 4.90. The topological polar surface area (TPSA) is 24.5 Å². The van der Waals surface area contributed by atoms with E-state index in [0.29, 0.717) is 5.41 Å². The molecule has 1 aliphatic carbocycles. The van der Waals surface area contributed by atoms with Crippen molar-refractivity contribution in [2.45, 2.75) is 64.8 Å². The van der Waals surface area contributed by atoms with E-state index in [1.165, 1.54) is 58.0 Å². The van der Waals surface area contributed by atoms with E-state index in [2.05, 4.69) is 31.1 Å². The molecular formula is C18H36N2O. The second-order valence-electron chi connectivity index (χ2n) is 7.62. The minimum absolute atomic E-state index is 0.509. The van der Waals surface area contributed by atoms with Gasteiger partial charge in [0.25, 0.3) is 0 Å². The Morgan fingerprint density at radius 3 is 2.43 bits per heavy atom. The Labute approximate surface area is 131 Å². The predicted octanol–water partition coefficient (Wildman–Crippen LogP) is 3.29. The maximum absolute atomic E-state index is 5.52. The van der Waals surface area contributed by atoms with Gasteiger partial charge in [-0.15, -0.1) is 0 Å². The van der Waals surface area contributed by atoms with Crippen molar-refractivity contribution in [1.82, 2.24) is 10.2 Å². The molecule has 2 fully saturated rings. The molecule has 2 aliphatic rings. The molecule has 2 rings (SSSR count). The molecule has 0 unspecified atom stereocenters. The average molecular weight is 296 g/mol. The molecule has 1 saturated carbocycles. The Morgan fingerprint density at radius 1 is 1.14 bits per heavy atom. The highest BCUT2D eigenvalue weighted by Crippen LogP contribution is 2.39. The molecule has 0 bridgehead atoms. The third-order valence-electron chi connectivity index (χ3n) is 5.66. The number of ether oxygens (including phenoxy) is 1. The number of hydrogen-bond donors (Lipinski definition) is 1. The van der Waals surface area contributed by atoms with Crippen molar-refractivity contribution < 1.29 is 4.74 Å². The first-order chi connectivity index (χ1) is 10.2. The van der Waals surface area contributed by atoms with Crippen LogP contribution < -0.4 is 5.32 Å². The number of hydrogen-bond acceptors (Lipinski definition) is 3. The van der Waals surface area contributed by atoms with Crippen LogP contribution in [-0.4, -0.2) is 50.8 Å². The van der Waals surface area contributed by atoms with Gasteiger partial charge in [-0.1, -0.05) is 26.7 Å². The van der Waals surface area contributed by atoms with Crippen LogP contribution in [0.5, 0.6) is 0 Å². The molecular weight excluding hydrogens is 260 g/mol. The molecule has 1 saturated heterocycles. The van der Waals surface area contributed by atoms with Gasteiger partial charge in [-0.2, -0.15) is 0 Å². The zero-order chi connectivity index (χ0) is 15.1. The smallest absolute Gasteiger partial charge is 0.0480 e. The number of nitrogens with one attached hydrogen (secondary N) is 1. The summed E-state index contributed by atoms with van der Waals surface area (Å²) in [4.78, 5) is 2.64. The van der Waals surface area contributed by atoms with Gasteiger partial charge >= 0.3 is 0 Å². The molecule has 3 nitrogen and oxygen atoms in total. The van der Waals surface area contributed by atoms with Crippen LogP contribution in [0.2, 0.25) is 0 Å². The van der Waals surface area contributed by atoms with Crippen LogP contribution in [0.15, 0.2) is 0 Å². The van der Waals surface area contributed by atoms with Crippen molar-refractivity contribution in [2.75, 3.05) is 39.9 Å². The highest BCUT2D eigenvalue weighted by atomic mass is 16.5. The molecule has 124 valence electrons. The van der Waals surface area contributed by atoms with Crippen molar-refractivity contribution in [1.29, 1.82) is 0 Å². The van der Waals surface area contributed by atoms with Crippen LogP contribution in [-0.2, 0) is 4.74 Å². The van der Waals surface area contributed by atoms with E-state index in [-0.39, 0.29) is 0 Å². The summed E-state index contributed by atoms with van der Waals surface area (Å²) in [5, 5.41) is 3.72. The first-order valence-electron chi connectivity index (χ1n) is 9.14. The third kappa shape index (κ3) is 5.22. The summed E-state index contributed by atoms with van der Waals surface area (Å²) in [6.45, 7) is 10.2. The Kier molecular flexibility index (Phi) is 6.97. The summed E-state index contributed by atoms with van der Waals surface area (Å²) in [5.74, 6) is 0.928. The normalized spacial score (nSPS) is 31.7. The summed E-state index contributed by atoms with van der Waals surface area (Å²) in [5.41, 5.74) is 0.509. The van der Waals surface area contributed by atoms with Gasteiger partial charge in [0.1, 0.15) is 0 Å². The first-order valence-corrected chi connectivity index (χ1v) is 9.14. The zero-order valence-corrected chi connectivity index (χ0v) is 14.5. The summed E-state index contributed by atoms with van der Waals surface area (Å²) >= 11 is 0. The van der Waals surface area contributed by atoms with Crippen molar-refractivity contribution in [3.05, 3.63) is 0 Å². The number of rotatable bonds is 7. The highest BCUT2D eigenvalue weighted by Gasteiger charge is 2.36. The van der Waals surface area contributed by atoms with Gasteiger partial charge in [0.05, 0.1) is 0 Å². The van der Waals surface area contributed by atoms with Gasteiger partial charge in [0, 0.05) is 32.3 Å². The van der Waals surface area contributed by atoms with E-state index in [0.717, 1.165) is 31.7 Å². The molecule has 1 aliphatic heterocycles. The van der Waals surface area contributed by atoms with E-state index < -0.39 is 0 Å². The van der Waals surface area contributed by atoms with Crippen LogP contribution in [0.3, 0.4) is 0 Å². The molecule has 0 amide bonds. The van der Waals surface area contributed by atoms with Gasteiger partial charge in [-0.3, -0.25) is 0 Å². The maximum Gasteiger partial charge on any atom is 0.0480 e. The quantitative estimate of drug-likeness (QED) is 0.730. The van der Waals surface area contributed by atoms with Crippen molar-refractivity contribution in [3.63, 3.8) is 0 Å². The fourth-order valence-corrected chi connectivity index (χ4v) is 4.08. The van der Waals surface area contributed by atoms with E-state index >= 15 is 0 Å². The molecule has 3 heteroatoms. The fourth-order valence-electron chi connectivity index (χ4n) is 4.08. The van der Waals surface area contributed by atoms with Crippen molar-refractivity contribution in [2.24, 2.45) is 11.3 Å². The van der Waals surface area contributed by atoms with Crippen molar-refractivity contribution in [3.8, 4) is 0 Å². The lowest BCUT2D eigenvalue weighted by atomic mass is 9.70. The fraction of sp³-hybridized carbons (Fsp3) is 1.00. The summed E-state index contributed by atoms with van der Waals surface area (Å²) in [6, 6.07) is 0.737. The molecule has 0 spiro atoms. The molecule has 0 aromatic heterocycles. The zero-order valence-electron chi connectivity index (χ0n) is 14.5. The molecule has 1 heterocycles. The summed E-state index contributed by atoms with van der Waals surface area (Å²) in [6.07, 6.45) is 9.29. The van der Waals surface area contributed by atoms with Gasteiger partial charge in [-0.05, 0) is 57.0 Å². The van der Waals surface area contributed by atoms with Crippen LogP contribution >= 0.6 is 0 Å². The Bertz CT molecular complexity index is 281. The second-order valence-corrected chi connectivity index (χ2v) is 7.62. The lowest BCUT2D eigenvalue weighted by Crippen LogP contribution is -2.49. The third-order valence-corrected chi connectivity index (χ3v) is 5.66. The van der Waals surface area contributed by atoms with E-state index in [9.17, 15) is 0 Å². The molecule has 0 aromatic rings. The molecule has 1 N–H and O–H groups in total. The number of nitrogens with zero attached hydrogens (tertiary/aromatic N) is 1. The minimum atomic E-state index is 0.509. The SMILES string of the molecule is CCCNCC1(CN(C)C2CCOCC2)CCC(C)CC1. The molecule has 0 atom stereocenters. The van der Waals surface area contributed by atoms with E-state index in [1.54, 1.807) is 0 Å². The second kappa shape index (κ2) is 8.50. The van der Waals surface area contributed by atoms with Gasteiger partial charge < -0.3 is 15.0 Å². The molecule has 21 heavy (non-hydrogen) atoms. The van der Waals surface area contributed by atoms with Crippen LogP contribution in [0, 0.1) is 11.3 Å². The maximum atomic E-state index is 5.52. The predicted molar refractivity (Wildman–Crippen MR) is 89.7 cm³/mol.